The van der Waals surface area contributed by atoms with Gasteiger partial charge in [0.05, 0.1) is 22.2 Å². The van der Waals surface area contributed by atoms with Gasteiger partial charge < -0.3 is 11.5 Å². The molecule has 2 aromatic heterocycles. The Morgan fingerprint density at radius 2 is 2.06 bits per heavy atom. The number of allylic oxidation sites excluding steroid dienone is 1. The van der Waals surface area contributed by atoms with E-state index in [1.165, 1.54) is 23.5 Å². The predicted molar refractivity (Wildman–Crippen MR) is 130 cm³/mol. The fourth-order valence-corrected chi connectivity index (χ4v) is 5.76. The summed E-state index contributed by atoms with van der Waals surface area (Å²) in [5, 5.41) is 0.726. The van der Waals surface area contributed by atoms with E-state index in [1.54, 1.807) is 18.3 Å². The van der Waals surface area contributed by atoms with Crippen molar-refractivity contribution in [2.75, 3.05) is 11.5 Å². The minimum absolute atomic E-state index is 0.0492. The van der Waals surface area contributed by atoms with Crippen molar-refractivity contribution in [1.29, 1.82) is 0 Å². The highest BCUT2D eigenvalue weighted by atomic mass is 32.2. The fourth-order valence-electron chi connectivity index (χ4n) is 2.97. The summed E-state index contributed by atoms with van der Waals surface area (Å²) in [6, 6.07) is 8.04. The summed E-state index contributed by atoms with van der Waals surface area (Å²) in [7, 11) is -1.20. The van der Waals surface area contributed by atoms with Crippen molar-refractivity contribution in [2.45, 2.75) is 30.9 Å². The second-order valence-electron chi connectivity index (χ2n) is 6.91. The van der Waals surface area contributed by atoms with Gasteiger partial charge in [0, 0.05) is 17.3 Å². The van der Waals surface area contributed by atoms with Gasteiger partial charge in [0.15, 0.2) is 0 Å². The van der Waals surface area contributed by atoms with Gasteiger partial charge in [-0.1, -0.05) is 25.5 Å². The van der Waals surface area contributed by atoms with Crippen molar-refractivity contribution >= 4 is 56.3 Å². The molecule has 0 amide bonds. The second-order valence-corrected chi connectivity index (χ2v) is 9.67. The van der Waals surface area contributed by atoms with Crippen molar-refractivity contribution in [3.05, 3.63) is 48.0 Å². The van der Waals surface area contributed by atoms with Crippen LogP contribution in [0.25, 0.3) is 26.9 Å². The highest BCUT2D eigenvalue weighted by molar-refractivity contribution is 7.87. The molecule has 0 spiro atoms. The number of halogens is 1. The molecule has 0 unspecified atom stereocenters. The van der Waals surface area contributed by atoms with Gasteiger partial charge in [0.2, 0.25) is 5.96 Å². The van der Waals surface area contributed by atoms with Gasteiger partial charge >= 0.3 is 0 Å². The number of thiophene rings is 1. The Balaban J connectivity index is 2.23. The SMILES string of the molecule is C=NC(N)=N/C=C(\C)c1cc(-c2ccc(F)cc2)c2c(N)c([S@](=O)CCCC)sc2n1. The van der Waals surface area contributed by atoms with E-state index in [2.05, 4.69) is 23.6 Å². The first-order valence-corrected chi connectivity index (χ1v) is 11.8. The molecule has 2 heterocycles. The van der Waals surface area contributed by atoms with Gasteiger partial charge in [0.1, 0.15) is 14.9 Å². The lowest BCUT2D eigenvalue weighted by molar-refractivity contribution is 0.628. The smallest absolute Gasteiger partial charge is 0.219 e. The molecule has 0 bridgehead atoms. The maximum Gasteiger partial charge on any atom is 0.219 e. The molecule has 31 heavy (non-hydrogen) atoms. The van der Waals surface area contributed by atoms with E-state index >= 15 is 0 Å². The standard InChI is InChI=1S/C22H24FN5OS2/c1-4-5-10-31(29)21-19(24)18-16(14-6-8-15(23)9-7-14)11-17(28-20(18)30-21)13(2)12-27-22(25)26-3/h6-9,11-12H,3-5,10,24H2,1-2H3,(H2,25,27)/b13-12+/t31-/m1/s1. The monoisotopic (exact) mass is 457 g/mol. The summed E-state index contributed by atoms with van der Waals surface area (Å²) in [5.41, 5.74) is 15.5. The van der Waals surface area contributed by atoms with E-state index in [0.29, 0.717) is 26.2 Å². The number of aromatic nitrogens is 1. The van der Waals surface area contributed by atoms with Crippen LogP contribution in [0, 0.1) is 5.82 Å². The molecule has 3 rings (SSSR count). The van der Waals surface area contributed by atoms with Gasteiger partial charge in [-0.3, -0.25) is 4.21 Å². The number of anilines is 1. The van der Waals surface area contributed by atoms with Gasteiger partial charge in [0.25, 0.3) is 0 Å². The Hall–Kier alpha value is -2.91. The Bertz CT molecular complexity index is 1200. The maximum atomic E-state index is 13.5. The molecule has 0 aliphatic heterocycles. The van der Waals surface area contributed by atoms with Crippen LogP contribution >= 0.6 is 11.3 Å². The maximum absolute atomic E-state index is 13.5. The van der Waals surface area contributed by atoms with E-state index < -0.39 is 10.8 Å². The van der Waals surface area contributed by atoms with Gasteiger partial charge in [-0.15, -0.1) is 11.3 Å². The molecular formula is C22H24FN5OS2. The van der Waals surface area contributed by atoms with E-state index in [4.69, 9.17) is 16.5 Å². The molecule has 3 aromatic rings. The molecule has 0 saturated heterocycles. The van der Waals surface area contributed by atoms with Crippen molar-refractivity contribution in [3.63, 3.8) is 0 Å². The molecule has 6 nitrogen and oxygen atoms in total. The first-order valence-electron chi connectivity index (χ1n) is 9.70. The number of nitrogen functional groups attached to an aromatic ring is 1. The molecule has 0 radical (unpaired) electrons. The second kappa shape index (κ2) is 9.93. The number of hydrogen-bond acceptors (Lipinski definition) is 5. The van der Waals surface area contributed by atoms with Crippen molar-refractivity contribution < 1.29 is 8.60 Å². The molecule has 0 aliphatic carbocycles. The van der Waals surface area contributed by atoms with Gasteiger partial charge in [-0.25, -0.2) is 19.4 Å². The van der Waals surface area contributed by atoms with Crippen LogP contribution in [-0.2, 0) is 10.8 Å². The number of fused-ring (bicyclic) bond motifs is 1. The number of guanidine groups is 1. The Labute approximate surface area is 187 Å². The van der Waals surface area contributed by atoms with Crippen LogP contribution in [0.5, 0.6) is 0 Å². The van der Waals surface area contributed by atoms with E-state index in [1.807, 2.05) is 13.0 Å². The fraction of sp³-hybridized carbons (Fsp3) is 0.227. The number of rotatable bonds is 7. The zero-order valence-corrected chi connectivity index (χ0v) is 19.0. The van der Waals surface area contributed by atoms with E-state index in [-0.39, 0.29) is 11.8 Å². The number of benzene rings is 1. The molecule has 0 fully saturated rings. The van der Waals surface area contributed by atoms with Crippen LogP contribution < -0.4 is 11.5 Å². The first-order chi connectivity index (χ1) is 14.8. The molecule has 4 N–H and O–H groups in total. The summed E-state index contributed by atoms with van der Waals surface area (Å²) >= 11 is 1.33. The number of nitrogens with zero attached hydrogens (tertiary/aromatic N) is 3. The third kappa shape index (κ3) is 5.05. The summed E-state index contributed by atoms with van der Waals surface area (Å²) < 4.78 is 27.0. The lowest BCUT2D eigenvalue weighted by Crippen LogP contribution is -2.05. The largest absolute Gasteiger partial charge is 0.396 e. The summed E-state index contributed by atoms with van der Waals surface area (Å²) in [4.78, 5) is 13.0. The normalized spacial score (nSPS) is 13.5. The van der Waals surface area contributed by atoms with Crippen molar-refractivity contribution in [1.82, 2.24) is 4.98 Å². The van der Waals surface area contributed by atoms with E-state index in [9.17, 15) is 8.60 Å². The number of pyridine rings is 1. The molecule has 1 aromatic carbocycles. The van der Waals surface area contributed by atoms with Crippen LogP contribution in [0.4, 0.5) is 10.1 Å². The third-order valence-electron chi connectivity index (χ3n) is 4.67. The molecule has 162 valence electrons. The third-order valence-corrected chi connectivity index (χ3v) is 7.66. The van der Waals surface area contributed by atoms with Crippen molar-refractivity contribution in [2.24, 2.45) is 15.7 Å². The van der Waals surface area contributed by atoms with Crippen LogP contribution in [-0.4, -0.2) is 27.6 Å². The lowest BCUT2D eigenvalue weighted by Gasteiger charge is -2.09. The summed E-state index contributed by atoms with van der Waals surface area (Å²) in [6.45, 7) is 7.24. The quantitative estimate of drug-likeness (QED) is 0.386. The van der Waals surface area contributed by atoms with Gasteiger partial charge in [-0.05, 0) is 55.0 Å². The number of aliphatic imine (C=N–C) groups is 2. The number of nitrogens with two attached hydrogens (primary N) is 2. The van der Waals surface area contributed by atoms with Crippen molar-refractivity contribution in [3.8, 4) is 11.1 Å². The van der Waals surface area contributed by atoms with Crippen LogP contribution in [0.2, 0.25) is 0 Å². The lowest BCUT2D eigenvalue weighted by atomic mass is 10.0. The summed E-state index contributed by atoms with van der Waals surface area (Å²) in [5.74, 6) is 0.271. The first kappa shape index (κ1) is 22.8. The minimum atomic E-state index is -1.20. The van der Waals surface area contributed by atoms with Crippen LogP contribution in [0.15, 0.2) is 50.7 Å². The minimum Gasteiger partial charge on any atom is -0.396 e. The highest BCUT2D eigenvalue weighted by Gasteiger charge is 2.20. The highest BCUT2D eigenvalue weighted by Crippen LogP contribution is 2.42. The molecule has 0 aliphatic rings. The number of unbranched alkanes of at least 4 members (excludes halogenated alkanes) is 1. The van der Waals surface area contributed by atoms with Crippen LogP contribution in [0.1, 0.15) is 32.4 Å². The Morgan fingerprint density at radius 3 is 2.71 bits per heavy atom. The molecular weight excluding hydrogens is 433 g/mol. The molecule has 0 saturated carbocycles. The Kier molecular flexibility index (Phi) is 7.29. The molecule has 1 atom stereocenters. The average molecular weight is 458 g/mol. The summed E-state index contributed by atoms with van der Waals surface area (Å²) in [6.07, 6.45) is 3.36. The topological polar surface area (TPSA) is 107 Å². The number of hydrogen-bond donors (Lipinski definition) is 2. The van der Waals surface area contributed by atoms with Crippen LogP contribution in [0.3, 0.4) is 0 Å². The predicted octanol–water partition coefficient (Wildman–Crippen LogP) is 4.97. The average Bonchev–Trinajstić information content (AvgIpc) is 3.12. The van der Waals surface area contributed by atoms with Gasteiger partial charge in [-0.2, -0.15) is 0 Å². The van der Waals surface area contributed by atoms with E-state index in [0.717, 1.165) is 34.9 Å². The zero-order valence-electron chi connectivity index (χ0n) is 17.4. The Morgan fingerprint density at radius 1 is 1.35 bits per heavy atom. The zero-order chi connectivity index (χ0) is 22.5. The molecule has 9 heteroatoms.